The number of ketones is 2. The van der Waals surface area contributed by atoms with E-state index in [2.05, 4.69) is 132 Å². The van der Waals surface area contributed by atoms with E-state index in [0.717, 1.165) is 22.3 Å². The first kappa shape index (κ1) is 31.0. The Kier molecular flexibility index (Phi) is 8.05. The first-order valence-electron chi connectivity index (χ1n) is 14.1. The zero-order chi connectivity index (χ0) is 30.0. The van der Waals surface area contributed by atoms with Gasteiger partial charge < -0.3 is 0 Å². The minimum absolute atomic E-state index is 0.178. The van der Waals surface area contributed by atoms with E-state index < -0.39 is 0 Å². The summed E-state index contributed by atoms with van der Waals surface area (Å²) in [6.07, 6.45) is 8.58. The van der Waals surface area contributed by atoms with Crippen LogP contribution in [0.3, 0.4) is 0 Å². The van der Waals surface area contributed by atoms with E-state index in [9.17, 15) is 9.59 Å². The van der Waals surface area contributed by atoms with Crippen molar-refractivity contribution in [3.63, 3.8) is 0 Å². The average molecular weight is 667 g/mol. The zero-order valence-electron chi connectivity index (χ0n) is 26.3. The minimum atomic E-state index is -0.205. The fourth-order valence-corrected chi connectivity index (χ4v) is 9.76. The van der Waals surface area contributed by atoms with Crippen LogP contribution >= 0.6 is 0 Å². The molecule has 0 spiro atoms. The SMILES string of the molecule is CC(C)(C)C1=CC(=c2cc/c(=c3/ccc(=C4C=C(C(C)(C)C)C(=O)C(C(C)(C)C)=C4)[se]3)[se]2)C=C(C(C)(C)C)C1=O. The fourth-order valence-electron chi connectivity index (χ4n) is 5.02. The Balaban J connectivity index is 1.96. The second kappa shape index (κ2) is 10.4. The molecule has 4 heteroatoms. The van der Waals surface area contributed by atoms with Crippen LogP contribution in [0.2, 0.25) is 0 Å². The fraction of sp³-hybridized carbons (Fsp3) is 0.444. The molecule has 2 aromatic rings. The summed E-state index contributed by atoms with van der Waals surface area (Å²) in [6.45, 7) is 25.6. The van der Waals surface area contributed by atoms with Crippen molar-refractivity contribution in [1.82, 2.24) is 0 Å². The van der Waals surface area contributed by atoms with Crippen molar-refractivity contribution in [3.05, 3.63) is 87.2 Å². The van der Waals surface area contributed by atoms with Crippen LogP contribution in [0.15, 0.2) is 70.9 Å². The topological polar surface area (TPSA) is 34.1 Å². The molecule has 40 heavy (non-hydrogen) atoms. The van der Waals surface area contributed by atoms with Gasteiger partial charge in [-0.3, -0.25) is 0 Å². The van der Waals surface area contributed by atoms with E-state index in [0.29, 0.717) is 0 Å². The molecule has 0 N–H and O–H groups in total. The standard InChI is InChI=1S/C36H44O2Se2/c1-33(2,3)23-17-21(18-24(31(23)37)34(4,5)6)27-13-15-29(39-27)30-16-14-28(40-30)22-19-25(35(7,8)9)32(38)26(20-22)36(10,11)12/h13-20H,1-12H3/b30-29+. The van der Waals surface area contributed by atoms with Crippen LogP contribution in [0.5, 0.6) is 0 Å². The molecule has 0 saturated carbocycles. The Morgan fingerprint density at radius 3 is 0.850 bits per heavy atom. The molecule has 0 fully saturated rings. The molecule has 0 saturated heterocycles. The van der Waals surface area contributed by atoms with Crippen LogP contribution in [-0.4, -0.2) is 40.6 Å². The summed E-state index contributed by atoms with van der Waals surface area (Å²) >= 11 is 0.356. The first-order valence-corrected chi connectivity index (χ1v) is 17.5. The van der Waals surface area contributed by atoms with Crippen LogP contribution < -0.4 is 8.19 Å². The van der Waals surface area contributed by atoms with Gasteiger partial charge in [0.2, 0.25) is 0 Å². The predicted octanol–water partition coefficient (Wildman–Crippen LogP) is 6.44. The second-order valence-corrected chi connectivity index (χ2v) is 19.7. The maximum atomic E-state index is 13.4. The molecular formula is C36H44O2Se2. The number of rotatable bonds is 0. The molecule has 0 aliphatic heterocycles. The molecule has 0 unspecified atom stereocenters. The van der Waals surface area contributed by atoms with Crippen molar-refractivity contribution in [2.45, 2.75) is 83.1 Å². The molecule has 2 aromatic heterocycles. The van der Waals surface area contributed by atoms with Gasteiger partial charge in [0, 0.05) is 0 Å². The summed E-state index contributed by atoms with van der Waals surface area (Å²) in [4.78, 5) is 26.8. The summed E-state index contributed by atoms with van der Waals surface area (Å²) in [5.41, 5.74) is 5.17. The van der Waals surface area contributed by atoms with E-state index >= 15 is 0 Å². The van der Waals surface area contributed by atoms with E-state index in [1.165, 1.54) is 27.5 Å². The van der Waals surface area contributed by atoms with Gasteiger partial charge >= 0.3 is 253 Å². The van der Waals surface area contributed by atoms with Crippen molar-refractivity contribution in [3.8, 4) is 0 Å². The molecular weight excluding hydrogens is 622 g/mol. The van der Waals surface area contributed by atoms with Gasteiger partial charge in [0.1, 0.15) is 0 Å². The van der Waals surface area contributed by atoms with Gasteiger partial charge in [0.15, 0.2) is 0 Å². The van der Waals surface area contributed by atoms with Crippen molar-refractivity contribution in [2.24, 2.45) is 21.7 Å². The summed E-state index contributed by atoms with van der Waals surface area (Å²) in [5.74, 6) is 0.374. The van der Waals surface area contributed by atoms with Crippen LogP contribution in [0, 0.1) is 29.8 Å². The van der Waals surface area contributed by atoms with Crippen molar-refractivity contribution >= 4 is 51.7 Å². The molecule has 0 bridgehead atoms. The maximum absolute atomic E-state index is 13.4. The van der Waals surface area contributed by atoms with Gasteiger partial charge in [-0.25, -0.2) is 0 Å². The molecule has 2 aliphatic rings. The van der Waals surface area contributed by atoms with Crippen LogP contribution in [0.25, 0.3) is 11.1 Å². The number of carbonyl (C=O) groups is 2. The van der Waals surface area contributed by atoms with Gasteiger partial charge in [-0.2, -0.15) is 0 Å². The number of hydrogen-bond acceptors (Lipinski definition) is 2. The second-order valence-electron chi connectivity index (χ2n) is 15.1. The van der Waals surface area contributed by atoms with Crippen LogP contribution in [0.4, 0.5) is 0 Å². The molecule has 0 atom stereocenters. The van der Waals surface area contributed by atoms with Gasteiger partial charge in [-0.05, 0) is 0 Å². The summed E-state index contributed by atoms with van der Waals surface area (Å²) in [7, 11) is 0. The summed E-state index contributed by atoms with van der Waals surface area (Å²) in [5, 5.41) is 0. The molecule has 0 radical (unpaired) electrons. The number of Topliss-reactive ketones (excluding diaryl/α,β-unsaturated/α-hetero) is 2. The Hall–Kier alpha value is -1.96. The van der Waals surface area contributed by atoms with Gasteiger partial charge in [0.25, 0.3) is 0 Å². The van der Waals surface area contributed by atoms with Crippen LogP contribution in [0.1, 0.15) is 83.1 Å². The van der Waals surface area contributed by atoms with Gasteiger partial charge in [-0.1, -0.05) is 0 Å². The number of hydrogen-bond donors (Lipinski definition) is 0. The number of allylic oxidation sites excluding steroid dienone is 8. The third kappa shape index (κ3) is 6.26. The molecule has 2 nitrogen and oxygen atoms in total. The van der Waals surface area contributed by atoms with E-state index in [1.807, 2.05) is 0 Å². The molecule has 212 valence electrons. The summed E-state index contributed by atoms with van der Waals surface area (Å²) in [6, 6.07) is 9.12. The van der Waals surface area contributed by atoms with Gasteiger partial charge in [-0.15, -0.1) is 0 Å². The third-order valence-electron chi connectivity index (χ3n) is 7.43. The Morgan fingerprint density at radius 1 is 0.400 bits per heavy atom. The van der Waals surface area contributed by atoms with Crippen molar-refractivity contribution in [2.75, 3.05) is 0 Å². The molecule has 4 rings (SSSR count). The van der Waals surface area contributed by atoms with Gasteiger partial charge in [0.05, 0.1) is 0 Å². The van der Waals surface area contributed by atoms with E-state index in [1.54, 1.807) is 0 Å². The first-order chi connectivity index (χ1) is 18.2. The van der Waals surface area contributed by atoms with E-state index in [4.69, 9.17) is 0 Å². The molecule has 0 aromatic carbocycles. The monoisotopic (exact) mass is 668 g/mol. The molecule has 2 heterocycles. The Bertz CT molecular complexity index is 1530. The number of carbonyl (C=O) groups excluding carboxylic acids is 2. The van der Waals surface area contributed by atoms with Crippen molar-refractivity contribution < 1.29 is 9.59 Å². The Labute approximate surface area is 252 Å². The quantitative estimate of drug-likeness (QED) is 0.304. The van der Waals surface area contributed by atoms with Crippen LogP contribution in [-0.2, 0) is 9.59 Å². The summed E-state index contributed by atoms with van der Waals surface area (Å²) < 4.78 is 5.51. The van der Waals surface area contributed by atoms with E-state index in [-0.39, 0.29) is 62.2 Å². The predicted molar refractivity (Wildman–Crippen MR) is 171 cm³/mol. The normalized spacial score (nSPS) is 18.5. The van der Waals surface area contributed by atoms with Crippen molar-refractivity contribution in [1.29, 1.82) is 0 Å². The molecule has 2 aliphatic carbocycles. The third-order valence-corrected chi connectivity index (χ3v) is 13.0. The zero-order valence-corrected chi connectivity index (χ0v) is 29.7. The average Bonchev–Trinajstić information content (AvgIpc) is 3.46. The Morgan fingerprint density at radius 2 is 0.625 bits per heavy atom. The molecule has 0 amide bonds.